The van der Waals surface area contributed by atoms with Gasteiger partial charge in [-0.2, -0.15) is 0 Å². The third kappa shape index (κ3) is 3.81. The predicted octanol–water partition coefficient (Wildman–Crippen LogP) is 0.558. The Hall–Kier alpha value is -1.19. The Bertz CT molecular complexity index is 682. The fourth-order valence-corrected chi connectivity index (χ4v) is 5.96. The van der Waals surface area contributed by atoms with E-state index in [0.29, 0.717) is 19.4 Å². The number of carbonyl (C=O) groups excluding carboxylic acids is 3. The van der Waals surface area contributed by atoms with Crippen molar-refractivity contribution in [2.24, 2.45) is 11.8 Å². The van der Waals surface area contributed by atoms with Gasteiger partial charge < -0.3 is 25.4 Å². The number of nitrogens with one attached hydrogen (secondary N) is 2. The van der Waals surface area contributed by atoms with Gasteiger partial charge in [-0.25, -0.2) is 0 Å². The maximum absolute atomic E-state index is 13.4. The van der Waals surface area contributed by atoms with Crippen LogP contribution in [0.3, 0.4) is 0 Å². The maximum Gasteiger partial charge on any atom is 0.246 e. The molecule has 3 fully saturated rings. The molecule has 0 aromatic rings. The summed E-state index contributed by atoms with van der Waals surface area (Å²) in [6.45, 7) is 8.32. The number of hydrogen-bond donors (Lipinski definition) is 3. The molecule has 3 aliphatic rings. The van der Waals surface area contributed by atoms with Gasteiger partial charge in [0.2, 0.25) is 17.7 Å². The third-order valence-corrected chi connectivity index (χ3v) is 6.79. The molecule has 29 heavy (non-hydrogen) atoms. The van der Waals surface area contributed by atoms with E-state index in [9.17, 15) is 19.5 Å². The van der Waals surface area contributed by atoms with Gasteiger partial charge in [0.25, 0.3) is 0 Å². The number of alkyl halides is 1. The second kappa shape index (κ2) is 8.15. The van der Waals surface area contributed by atoms with Crippen LogP contribution in [0.1, 0.15) is 47.0 Å². The molecule has 2 bridgehead atoms. The van der Waals surface area contributed by atoms with E-state index >= 15 is 0 Å². The van der Waals surface area contributed by atoms with E-state index in [1.54, 1.807) is 0 Å². The lowest BCUT2D eigenvalue weighted by Crippen LogP contribution is -2.58. The number of hydrogen-bond acceptors (Lipinski definition) is 5. The molecule has 8 nitrogen and oxygen atoms in total. The summed E-state index contributed by atoms with van der Waals surface area (Å²) < 4.78 is 6.35. The van der Waals surface area contributed by atoms with Gasteiger partial charge in [0, 0.05) is 30.1 Å². The van der Waals surface area contributed by atoms with Crippen LogP contribution in [0.2, 0.25) is 0 Å². The van der Waals surface area contributed by atoms with Crippen LogP contribution < -0.4 is 10.6 Å². The Kier molecular flexibility index (Phi) is 6.32. The van der Waals surface area contributed by atoms with E-state index in [-0.39, 0.29) is 35.7 Å². The lowest BCUT2D eigenvalue weighted by Gasteiger charge is -2.35. The van der Waals surface area contributed by atoms with E-state index in [2.05, 4.69) is 26.6 Å². The van der Waals surface area contributed by atoms with E-state index in [0.717, 1.165) is 6.42 Å². The molecule has 0 saturated carbocycles. The van der Waals surface area contributed by atoms with Crippen molar-refractivity contribution >= 4 is 33.7 Å². The fraction of sp³-hybridized carbons (Fsp3) is 0.850. The number of halogens is 1. The third-order valence-electron chi connectivity index (χ3n) is 5.94. The van der Waals surface area contributed by atoms with Crippen molar-refractivity contribution in [2.45, 2.75) is 75.1 Å². The molecule has 3 N–H and O–H groups in total. The Labute approximate surface area is 180 Å². The highest BCUT2D eigenvalue weighted by molar-refractivity contribution is 9.09. The molecule has 6 atom stereocenters. The van der Waals surface area contributed by atoms with Crippen molar-refractivity contribution in [3.63, 3.8) is 0 Å². The number of nitrogens with zero attached hydrogens (tertiary/aromatic N) is 1. The van der Waals surface area contributed by atoms with Crippen LogP contribution in [0, 0.1) is 11.8 Å². The fourth-order valence-electron chi connectivity index (χ4n) is 5.02. The van der Waals surface area contributed by atoms with E-state index in [4.69, 9.17) is 4.74 Å². The Morgan fingerprint density at radius 2 is 2.03 bits per heavy atom. The topological polar surface area (TPSA) is 108 Å². The predicted molar refractivity (Wildman–Crippen MR) is 110 cm³/mol. The summed E-state index contributed by atoms with van der Waals surface area (Å²) in [7, 11) is 0. The maximum atomic E-state index is 13.4. The first-order valence-electron chi connectivity index (χ1n) is 10.4. The zero-order valence-electron chi connectivity index (χ0n) is 17.5. The first-order chi connectivity index (χ1) is 13.6. The van der Waals surface area contributed by atoms with E-state index < -0.39 is 35.1 Å². The smallest absolute Gasteiger partial charge is 0.246 e. The zero-order valence-corrected chi connectivity index (χ0v) is 19.1. The SMILES string of the molecule is CCCNC(=O)[C@H]1[C@@H]2OC3(CC2Br)C(C(=O)NC(C)(C)C)N(CCCO)C(=O)[C@H]13. The summed E-state index contributed by atoms with van der Waals surface area (Å²) in [4.78, 5) is 41.1. The standard InChI is InChI=1S/C20H32BrN3O5/c1-5-7-22-16(26)12-13-18(28)24(8-6-9-25)15(17(27)23-19(2,3)4)20(13)10-11(21)14(12)29-20/h11-15,25H,5-10H2,1-4H3,(H,22,26)(H,23,27)/t11?,12-,13+,14-,15?,20?/m1/s1. The summed E-state index contributed by atoms with van der Waals surface area (Å²) >= 11 is 3.63. The molecule has 3 heterocycles. The van der Waals surface area contributed by atoms with Crippen molar-refractivity contribution in [1.82, 2.24) is 15.5 Å². The van der Waals surface area contributed by atoms with Gasteiger partial charge >= 0.3 is 0 Å². The Morgan fingerprint density at radius 1 is 1.34 bits per heavy atom. The summed E-state index contributed by atoms with van der Waals surface area (Å²) in [5.74, 6) is -2.02. The largest absolute Gasteiger partial charge is 0.396 e. The molecule has 3 rings (SSSR count). The van der Waals surface area contributed by atoms with Gasteiger partial charge in [-0.1, -0.05) is 22.9 Å². The van der Waals surface area contributed by atoms with Crippen LogP contribution in [0.5, 0.6) is 0 Å². The number of aliphatic hydroxyl groups is 1. The zero-order chi connectivity index (χ0) is 21.6. The quantitative estimate of drug-likeness (QED) is 0.468. The molecule has 3 aliphatic heterocycles. The summed E-state index contributed by atoms with van der Waals surface area (Å²) in [5, 5.41) is 15.2. The molecule has 0 aromatic heterocycles. The summed E-state index contributed by atoms with van der Waals surface area (Å²) in [6.07, 6.45) is 1.21. The first kappa shape index (κ1) is 22.5. The van der Waals surface area contributed by atoms with Gasteiger partial charge in [-0.05, 0) is 40.0 Å². The molecule has 3 amide bonds. The number of likely N-dealkylation sites (tertiary alicyclic amines) is 1. The van der Waals surface area contributed by atoms with Gasteiger partial charge in [0.05, 0.1) is 17.9 Å². The van der Waals surface area contributed by atoms with Crippen LogP contribution in [-0.4, -0.2) is 75.5 Å². The van der Waals surface area contributed by atoms with Crippen molar-refractivity contribution in [3.8, 4) is 0 Å². The lowest BCUT2D eigenvalue weighted by atomic mass is 9.70. The molecular formula is C20H32BrN3O5. The van der Waals surface area contributed by atoms with Crippen LogP contribution in [-0.2, 0) is 19.1 Å². The highest BCUT2D eigenvalue weighted by Gasteiger charge is 2.76. The van der Waals surface area contributed by atoms with Crippen LogP contribution >= 0.6 is 15.9 Å². The first-order valence-corrected chi connectivity index (χ1v) is 11.3. The highest BCUT2D eigenvalue weighted by Crippen LogP contribution is 2.60. The van der Waals surface area contributed by atoms with E-state index in [1.807, 2.05) is 27.7 Å². The van der Waals surface area contributed by atoms with Crippen LogP contribution in [0.4, 0.5) is 0 Å². The van der Waals surface area contributed by atoms with Crippen molar-refractivity contribution in [2.75, 3.05) is 19.7 Å². The molecule has 0 aliphatic carbocycles. The van der Waals surface area contributed by atoms with Crippen molar-refractivity contribution in [1.29, 1.82) is 0 Å². The number of fused-ring (bicyclic) bond motifs is 1. The molecule has 164 valence electrons. The Balaban J connectivity index is 1.99. The monoisotopic (exact) mass is 473 g/mol. The average Bonchev–Trinajstić information content (AvgIpc) is 3.20. The van der Waals surface area contributed by atoms with Crippen LogP contribution in [0.25, 0.3) is 0 Å². The summed E-state index contributed by atoms with van der Waals surface area (Å²) in [6, 6.07) is -0.820. The summed E-state index contributed by atoms with van der Waals surface area (Å²) in [5.41, 5.74) is -1.51. The average molecular weight is 474 g/mol. The van der Waals surface area contributed by atoms with Gasteiger partial charge in [-0.3, -0.25) is 14.4 Å². The molecular weight excluding hydrogens is 442 g/mol. The molecule has 1 spiro atoms. The number of aliphatic hydroxyl groups excluding tert-OH is 1. The molecule has 3 unspecified atom stereocenters. The molecule has 0 aromatic carbocycles. The van der Waals surface area contributed by atoms with Crippen molar-refractivity contribution < 1.29 is 24.2 Å². The number of carbonyl (C=O) groups is 3. The number of ether oxygens (including phenoxy) is 1. The minimum absolute atomic E-state index is 0.0833. The minimum atomic E-state index is -1.03. The number of amides is 3. The minimum Gasteiger partial charge on any atom is -0.396 e. The second-order valence-electron chi connectivity index (χ2n) is 9.30. The second-order valence-corrected chi connectivity index (χ2v) is 10.5. The highest BCUT2D eigenvalue weighted by atomic mass is 79.9. The normalized spacial score (nSPS) is 35.7. The molecule has 3 saturated heterocycles. The van der Waals surface area contributed by atoms with Gasteiger partial charge in [0.1, 0.15) is 11.6 Å². The van der Waals surface area contributed by atoms with Crippen molar-refractivity contribution in [3.05, 3.63) is 0 Å². The number of rotatable bonds is 7. The molecule has 9 heteroatoms. The van der Waals surface area contributed by atoms with Gasteiger partial charge in [0.15, 0.2) is 0 Å². The molecule has 0 radical (unpaired) electrons. The van der Waals surface area contributed by atoms with Gasteiger partial charge in [-0.15, -0.1) is 0 Å². The Morgan fingerprint density at radius 3 is 2.62 bits per heavy atom. The van der Waals surface area contributed by atoms with Crippen LogP contribution in [0.15, 0.2) is 0 Å². The lowest BCUT2D eigenvalue weighted by molar-refractivity contribution is -0.142. The van der Waals surface area contributed by atoms with E-state index in [1.165, 1.54) is 4.90 Å².